The Hall–Kier alpha value is -1.61. The lowest BCUT2D eigenvalue weighted by molar-refractivity contribution is -0.144. The zero-order chi connectivity index (χ0) is 18.0. The number of carbonyl (C=O) groups is 1. The second-order valence-electron chi connectivity index (χ2n) is 6.46. The van der Waals surface area contributed by atoms with Crippen LogP contribution in [-0.2, 0) is 16.0 Å². The molecule has 0 bridgehead atoms. The zero-order valence-corrected chi connectivity index (χ0v) is 13.8. The number of aliphatic hydroxyl groups excluding tert-OH is 2. The molecular weight excluding hydrogens is 334 g/mol. The maximum atomic E-state index is 13.7. The van der Waals surface area contributed by atoms with Gasteiger partial charge in [0.15, 0.2) is 0 Å². The van der Waals surface area contributed by atoms with Gasteiger partial charge in [0.1, 0.15) is 17.7 Å². The highest BCUT2D eigenvalue weighted by Gasteiger charge is 2.37. The van der Waals surface area contributed by atoms with Gasteiger partial charge in [-0.15, -0.1) is 0 Å². The Morgan fingerprint density at radius 3 is 2.40 bits per heavy atom. The van der Waals surface area contributed by atoms with Crippen molar-refractivity contribution in [3.05, 3.63) is 35.4 Å². The van der Waals surface area contributed by atoms with Crippen LogP contribution in [0.25, 0.3) is 0 Å². The van der Waals surface area contributed by atoms with Gasteiger partial charge in [-0.05, 0) is 12.1 Å². The monoisotopic (exact) mass is 356 g/mol. The van der Waals surface area contributed by atoms with Crippen LogP contribution in [0, 0.1) is 11.6 Å². The molecule has 0 saturated carbocycles. The average molecular weight is 356 g/mol. The van der Waals surface area contributed by atoms with Crippen molar-refractivity contribution in [2.24, 2.45) is 0 Å². The van der Waals surface area contributed by atoms with Crippen molar-refractivity contribution in [3.8, 4) is 0 Å². The fraction of sp³-hybridized carbons (Fsp3) is 0.588. The molecule has 0 spiro atoms. The van der Waals surface area contributed by atoms with Crippen LogP contribution in [-0.4, -0.2) is 83.6 Å². The first-order valence-electron chi connectivity index (χ1n) is 8.36. The van der Waals surface area contributed by atoms with E-state index in [9.17, 15) is 23.8 Å². The Bertz CT molecular complexity index is 602. The van der Waals surface area contributed by atoms with E-state index in [2.05, 4.69) is 0 Å². The van der Waals surface area contributed by atoms with Crippen LogP contribution in [0.5, 0.6) is 0 Å². The molecule has 0 radical (unpaired) electrons. The minimum absolute atomic E-state index is 0.115. The summed E-state index contributed by atoms with van der Waals surface area (Å²) in [5.41, 5.74) is -0.214. The Morgan fingerprint density at radius 2 is 1.76 bits per heavy atom. The standard InChI is InChI=1S/C17H22F2N2O4/c18-12-2-1-3-13(19)11(12)8-16(23)21-6-4-20(5-7-21)14-9-25-10-15(22)17(14)24/h1-3,14-15,17,22,24H,4-10H2/t14-,15-,17+/m1/s1. The molecule has 3 rings (SSSR count). The van der Waals surface area contributed by atoms with Crippen molar-refractivity contribution < 1.29 is 28.5 Å². The molecule has 2 N–H and O–H groups in total. The molecule has 1 aromatic rings. The number of carbonyl (C=O) groups excluding carboxylic acids is 1. The molecule has 25 heavy (non-hydrogen) atoms. The van der Waals surface area contributed by atoms with Crippen molar-refractivity contribution in [1.29, 1.82) is 0 Å². The molecule has 0 unspecified atom stereocenters. The molecule has 6 nitrogen and oxygen atoms in total. The smallest absolute Gasteiger partial charge is 0.227 e. The van der Waals surface area contributed by atoms with Gasteiger partial charge in [0, 0.05) is 31.7 Å². The van der Waals surface area contributed by atoms with E-state index in [1.807, 2.05) is 4.90 Å². The molecule has 2 saturated heterocycles. The molecule has 2 fully saturated rings. The Kier molecular flexibility index (Phi) is 5.63. The minimum atomic E-state index is -0.914. The van der Waals surface area contributed by atoms with Gasteiger partial charge in [0.05, 0.1) is 31.8 Å². The van der Waals surface area contributed by atoms with E-state index in [0.29, 0.717) is 32.8 Å². The molecule has 1 amide bonds. The molecule has 3 atom stereocenters. The largest absolute Gasteiger partial charge is 0.389 e. The number of benzene rings is 1. The average Bonchev–Trinajstić information content (AvgIpc) is 2.61. The predicted octanol–water partition coefficient (Wildman–Crippen LogP) is -0.228. The van der Waals surface area contributed by atoms with Gasteiger partial charge in [0.2, 0.25) is 5.91 Å². The van der Waals surface area contributed by atoms with Crippen LogP contribution < -0.4 is 0 Å². The van der Waals surface area contributed by atoms with Crippen LogP contribution in [0.15, 0.2) is 18.2 Å². The van der Waals surface area contributed by atoms with Gasteiger partial charge in [0.25, 0.3) is 0 Å². The van der Waals surface area contributed by atoms with Crippen LogP contribution in [0.3, 0.4) is 0 Å². The molecule has 2 heterocycles. The molecule has 0 aliphatic carbocycles. The first kappa shape index (κ1) is 18.2. The molecule has 2 aliphatic heterocycles. The molecule has 138 valence electrons. The van der Waals surface area contributed by atoms with Gasteiger partial charge < -0.3 is 19.8 Å². The number of amides is 1. The topological polar surface area (TPSA) is 73.2 Å². The maximum absolute atomic E-state index is 13.7. The van der Waals surface area contributed by atoms with Crippen molar-refractivity contribution in [1.82, 2.24) is 9.80 Å². The van der Waals surface area contributed by atoms with Gasteiger partial charge in [-0.2, -0.15) is 0 Å². The Morgan fingerprint density at radius 1 is 1.12 bits per heavy atom. The predicted molar refractivity (Wildman–Crippen MR) is 84.8 cm³/mol. The lowest BCUT2D eigenvalue weighted by atomic mass is 10.0. The third-order valence-corrected chi connectivity index (χ3v) is 4.89. The number of rotatable bonds is 3. The summed E-state index contributed by atoms with van der Waals surface area (Å²) in [5, 5.41) is 19.8. The van der Waals surface area contributed by atoms with Crippen molar-refractivity contribution in [2.75, 3.05) is 39.4 Å². The third kappa shape index (κ3) is 3.98. The second-order valence-corrected chi connectivity index (χ2v) is 6.46. The van der Waals surface area contributed by atoms with Crippen LogP contribution in [0.1, 0.15) is 5.56 Å². The fourth-order valence-electron chi connectivity index (χ4n) is 3.35. The second kappa shape index (κ2) is 7.74. The first-order valence-corrected chi connectivity index (χ1v) is 8.36. The fourth-order valence-corrected chi connectivity index (χ4v) is 3.35. The molecule has 1 aromatic carbocycles. The summed E-state index contributed by atoms with van der Waals surface area (Å²) < 4.78 is 32.6. The van der Waals surface area contributed by atoms with Gasteiger partial charge in [-0.25, -0.2) is 8.78 Å². The zero-order valence-electron chi connectivity index (χ0n) is 13.8. The number of ether oxygens (including phenoxy) is 1. The summed E-state index contributed by atoms with van der Waals surface area (Å²) in [4.78, 5) is 15.9. The van der Waals surface area contributed by atoms with E-state index in [1.54, 1.807) is 4.90 Å². The van der Waals surface area contributed by atoms with Gasteiger partial charge in [-0.1, -0.05) is 6.07 Å². The first-order chi connectivity index (χ1) is 12.0. The number of aliphatic hydroxyl groups is 2. The summed E-state index contributed by atoms with van der Waals surface area (Å²) in [7, 11) is 0. The number of halogens is 2. The highest BCUT2D eigenvalue weighted by Crippen LogP contribution is 2.18. The van der Waals surface area contributed by atoms with E-state index in [0.717, 1.165) is 12.1 Å². The Labute approximate surface area is 144 Å². The SMILES string of the molecule is O=C(Cc1c(F)cccc1F)N1CCN([C@@H]2COC[C@@H](O)[C@H]2O)CC1. The normalized spacial score (nSPS) is 28.2. The quantitative estimate of drug-likeness (QED) is 0.783. The van der Waals surface area contributed by atoms with E-state index in [1.165, 1.54) is 6.07 Å². The van der Waals surface area contributed by atoms with Crippen LogP contribution in [0.4, 0.5) is 8.78 Å². The summed E-state index contributed by atoms with van der Waals surface area (Å²) >= 11 is 0. The van der Waals surface area contributed by atoms with Crippen molar-refractivity contribution in [2.45, 2.75) is 24.7 Å². The number of hydrogen-bond donors (Lipinski definition) is 2. The lowest BCUT2D eigenvalue weighted by Crippen LogP contribution is -2.60. The van der Waals surface area contributed by atoms with Gasteiger partial charge >= 0.3 is 0 Å². The molecular formula is C17H22F2N2O4. The molecule has 2 aliphatic rings. The number of nitrogens with zero attached hydrogens (tertiary/aromatic N) is 2. The highest BCUT2D eigenvalue weighted by atomic mass is 19.1. The number of hydrogen-bond acceptors (Lipinski definition) is 5. The molecule has 8 heteroatoms. The third-order valence-electron chi connectivity index (χ3n) is 4.89. The summed E-state index contributed by atoms with van der Waals surface area (Å²) in [6, 6.07) is 3.23. The maximum Gasteiger partial charge on any atom is 0.227 e. The van der Waals surface area contributed by atoms with Crippen LogP contribution >= 0.6 is 0 Å². The van der Waals surface area contributed by atoms with Crippen LogP contribution in [0.2, 0.25) is 0 Å². The summed E-state index contributed by atoms with van der Waals surface area (Å²) in [5.74, 6) is -1.77. The summed E-state index contributed by atoms with van der Waals surface area (Å²) in [6.07, 6.45) is -2.11. The summed E-state index contributed by atoms with van der Waals surface area (Å²) in [6.45, 7) is 2.24. The van der Waals surface area contributed by atoms with Crippen molar-refractivity contribution >= 4 is 5.91 Å². The Balaban J connectivity index is 1.56. The van der Waals surface area contributed by atoms with Gasteiger partial charge in [-0.3, -0.25) is 9.69 Å². The van der Waals surface area contributed by atoms with Crippen molar-refractivity contribution in [3.63, 3.8) is 0 Å². The minimum Gasteiger partial charge on any atom is -0.389 e. The van der Waals surface area contributed by atoms with E-state index in [-0.39, 0.29) is 30.5 Å². The van der Waals surface area contributed by atoms with E-state index in [4.69, 9.17) is 4.74 Å². The lowest BCUT2D eigenvalue weighted by Gasteiger charge is -2.43. The van der Waals surface area contributed by atoms with E-state index < -0.39 is 23.8 Å². The highest BCUT2D eigenvalue weighted by molar-refractivity contribution is 5.79. The molecule has 0 aromatic heterocycles. The van der Waals surface area contributed by atoms with E-state index >= 15 is 0 Å². The number of piperazine rings is 1.